The first kappa shape index (κ1) is 19.8. The molecule has 3 atom stereocenters. The van der Waals surface area contributed by atoms with Crippen molar-refractivity contribution >= 4 is 22.8 Å². The molecule has 0 saturated carbocycles. The molecule has 3 rings (SSSR count). The third-order valence-corrected chi connectivity index (χ3v) is 3.96. The van der Waals surface area contributed by atoms with Crippen molar-refractivity contribution in [2.45, 2.75) is 30.9 Å². The van der Waals surface area contributed by atoms with Crippen LogP contribution < -0.4 is 11.1 Å². The van der Waals surface area contributed by atoms with Crippen molar-refractivity contribution in [1.82, 2.24) is 25.5 Å². The number of carbonyl (C=O) groups excluding carboxylic acids is 1. The average molecular weight is 400 g/mol. The molecular weight excluding hydrogens is 385 g/mol. The number of aliphatic hydroxyl groups is 2. The highest BCUT2D eigenvalue weighted by Gasteiger charge is 2.38. The Bertz CT molecular complexity index is 951. The van der Waals surface area contributed by atoms with E-state index in [-0.39, 0.29) is 41.4 Å². The third-order valence-electron chi connectivity index (χ3n) is 3.96. The van der Waals surface area contributed by atoms with E-state index in [2.05, 4.69) is 32.0 Å². The van der Waals surface area contributed by atoms with Crippen LogP contribution >= 0.6 is 0 Å². The second-order valence-corrected chi connectivity index (χ2v) is 5.89. The number of rotatable bonds is 3. The van der Waals surface area contributed by atoms with Crippen molar-refractivity contribution in [3.8, 4) is 11.8 Å². The molecule has 150 valence electrons. The van der Waals surface area contributed by atoms with Crippen LogP contribution in [0.1, 0.15) is 24.0 Å². The predicted octanol–water partition coefficient (Wildman–Crippen LogP) is -0.852. The first-order valence-corrected chi connectivity index (χ1v) is 8.00. The number of nitrogens with two attached hydrogens (primary N) is 1. The van der Waals surface area contributed by atoms with E-state index >= 15 is 0 Å². The summed E-state index contributed by atoms with van der Waals surface area (Å²) in [4.78, 5) is 19.0. The quantitative estimate of drug-likeness (QED) is 0.417. The molecule has 0 aromatic carbocycles. The van der Waals surface area contributed by atoms with Crippen molar-refractivity contribution in [3.05, 3.63) is 11.5 Å². The fourth-order valence-electron chi connectivity index (χ4n) is 2.62. The van der Waals surface area contributed by atoms with Gasteiger partial charge in [0, 0.05) is 6.42 Å². The summed E-state index contributed by atoms with van der Waals surface area (Å²) in [7, 11) is 0. The van der Waals surface area contributed by atoms with E-state index in [1.807, 2.05) is 0 Å². The van der Waals surface area contributed by atoms with Gasteiger partial charge in [0.1, 0.15) is 23.7 Å². The summed E-state index contributed by atoms with van der Waals surface area (Å²) in [6, 6.07) is 0. The fraction of sp³-hybridized carbons (Fsp3) is 0.467. The second-order valence-electron chi connectivity index (χ2n) is 5.89. The zero-order valence-corrected chi connectivity index (χ0v) is 14.1. The van der Waals surface area contributed by atoms with Crippen LogP contribution in [0.4, 0.5) is 19.0 Å². The van der Waals surface area contributed by atoms with Crippen molar-refractivity contribution < 1.29 is 32.9 Å². The number of aromatic nitrogens is 4. The summed E-state index contributed by atoms with van der Waals surface area (Å²) < 4.78 is 41.8. The molecule has 0 spiro atoms. The van der Waals surface area contributed by atoms with E-state index in [4.69, 9.17) is 15.6 Å². The molecular formula is C15H15F3N6O4. The Labute approximate surface area is 155 Å². The van der Waals surface area contributed by atoms with Gasteiger partial charge in [-0.25, -0.2) is 9.97 Å². The smallest absolute Gasteiger partial charge is 0.394 e. The summed E-state index contributed by atoms with van der Waals surface area (Å²) in [5.74, 6) is 2.91. The number of anilines is 1. The molecule has 13 heteroatoms. The van der Waals surface area contributed by atoms with Crippen LogP contribution in [0.5, 0.6) is 0 Å². The highest BCUT2D eigenvalue weighted by Crippen LogP contribution is 2.32. The number of aliphatic hydroxyl groups excluding tert-OH is 2. The number of alkyl halides is 3. The van der Waals surface area contributed by atoms with Gasteiger partial charge in [0.25, 0.3) is 0 Å². The lowest BCUT2D eigenvalue weighted by Crippen LogP contribution is -2.36. The van der Waals surface area contributed by atoms with Gasteiger partial charge in [0.2, 0.25) is 0 Å². The molecule has 2 aromatic heterocycles. The van der Waals surface area contributed by atoms with Gasteiger partial charge in [-0.2, -0.15) is 18.3 Å². The number of ether oxygens (including phenoxy) is 1. The van der Waals surface area contributed by atoms with Crippen LogP contribution in [-0.4, -0.2) is 67.8 Å². The lowest BCUT2D eigenvalue weighted by atomic mass is 10.1. The topological polar surface area (TPSA) is 159 Å². The molecule has 1 aliphatic heterocycles. The normalized spacial score (nSPS) is 22.1. The van der Waals surface area contributed by atoms with Crippen molar-refractivity contribution in [1.29, 1.82) is 0 Å². The monoisotopic (exact) mass is 400 g/mol. The number of fused-ring (bicyclic) bond motifs is 1. The Kier molecular flexibility index (Phi) is 5.36. The van der Waals surface area contributed by atoms with E-state index < -0.39 is 36.9 Å². The highest BCUT2D eigenvalue weighted by atomic mass is 19.4. The maximum Gasteiger partial charge on any atom is 0.471 e. The molecule has 2 aromatic rings. The minimum atomic E-state index is -4.99. The van der Waals surface area contributed by atoms with Crippen molar-refractivity contribution in [2.75, 3.05) is 18.9 Å². The average Bonchev–Trinajstić information content (AvgIpc) is 3.21. The minimum Gasteiger partial charge on any atom is -0.394 e. The van der Waals surface area contributed by atoms with Crippen LogP contribution in [0.25, 0.3) is 11.0 Å². The molecule has 6 N–H and O–H groups in total. The Balaban J connectivity index is 1.77. The van der Waals surface area contributed by atoms with Crippen LogP contribution in [0.3, 0.4) is 0 Å². The molecule has 0 bridgehead atoms. The summed E-state index contributed by atoms with van der Waals surface area (Å²) in [5, 5.41) is 27.3. The largest absolute Gasteiger partial charge is 0.471 e. The highest BCUT2D eigenvalue weighted by molar-refractivity contribution is 5.90. The molecule has 0 radical (unpaired) electrons. The molecule has 28 heavy (non-hydrogen) atoms. The number of hydrogen-bond acceptors (Lipinski definition) is 8. The van der Waals surface area contributed by atoms with Crippen LogP contribution in [0, 0.1) is 11.8 Å². The van der Waals surface area contributed by atoms with Gasteiger partial charge >= 0.3 is 12.1 Å². The third kappa shape index (κ3) is 3.98. The van der Waals surface area contributed by atoms with E-state index in [1.165, 1.54) is 0 Å². The lowest BCUT2D eigenvalue weighted by molar-refractivity contribution is -0.173. The maximum atomic E-state index is 12.1. The van der Waals surface area contributed by atoms with Crippen LogP contribution in [0.15, 0.2) is 0 Å². The van der Waals surface area contributed by atoms with E-state index in [0.717, 1.165) is 0 Å². The Hall–Kier alpha value is -2.95. The first-order valence-electron chi connectivity index (χ1n) is 8.00. The minimum absolute atomic E-state index is 0.00270. The Morgan fingerprint density at radius 2 is 2.18 bits per heavy atom. The van der Waals surface area contributed by atoms with Crippen LogP contribution in [-0.2, 0) is 9.53 Å². The van der Waals surface area contributed by atoms with Gasteiger partial charge in [-0.05, 0) is 5.92 Å². The van der Waals surface area contributed by atoms with E-state index in [9.17, 15) is 23.1 Å². The van der Waals surface area contributed by atoms with Crippen LogP contribution in [0.2, 0.25) is 0 Å². The van der Waals surface area contributed by atoms with Gasteiger partial charge in [-0.1, -0.05) is 5.92 Å². The zero-order valence-electron chi connectivity index (χ0n) is 14.1. The molecule has 0 aliphatic carbocycles. The summed E-state index contributed by atoms with van der Waals surface area (Å²) in [6.45, 7) is -0.897. The van der Waals surface area contributed by atoms with Crippen molar-refractivity contribution in [2.24, 2.45) is 0 Å². The standard InChI is InChI=1S/C15H15F3N6O4/c16-15(17,18)14(27)20-3-1-2-6-10-11(19)21-12(22-13(10)24-23-6)8-4-7(26)9(5-25)28-8/h7-9,25-26H,3-5H2,(H,20,27)(H3,19,21,22,23,24)/t7-,8-,9+/m0/s1. The summed E-state index contributed by atoms with van der Waals surface area (Å²) in [6.07, 6.45) is -7.10. The zero-order chi connectivity index (χ0) is 20.5. The predicted molar refractivity (Wildman–Crippen MR) is 87.4 cm³/mol. The fourth-order valence-corrected chi connectivity index (χ4v) is 2.62. The van der Waals surface area contributed by atoms with Gasteiger partial charge in [-0.15, -0.1) is 0 Å². The SMILES string of the molecule is Nc1nc([C@@H]2C[C@H](O)[C@@H](CO)O2)nc2[nH]nc(C#CCNC(=O)C(F)(F)F)c12. The molecule has 3 heterocycles. The lowest BCUT2D eigenvalue weighted by Gasteiger charge is -2.11. The van der Waals surface area contributed by atoms with E-state index in [1.54, 1.807) is 5.32 Å². The number of nitrogens with zero attached hydrogens (tertiary/aromatic N) is 3. The number of carbonyl (C=O) groups is 1. The molecule has 1 aliphatic rings. The van der Waals surface area contributed by atoms with Crippen molar-refractivity contribution in [3.63, 3.8) is 0 Å². The number of halogens is 3. The van der Waals surface area contributed by atoms with Gasteiger partial charge in [0.05, 0.1) is 24.6 Å². The van der Waals surface area contributed by atoms with Gasteiger partial charge in [0.15, 0.2) is 11.5 Å². The first-order chi connectivity index (χ1) is 13.2. The molecule has 1 saturated heterocycles. The maximum absolute atomic E-state index is 12.1. The van der Waals surface area contributed by atoms with Gasteiger partial charge in [-0.3, -0.25) is 9.89 Å². The number of hydrogen-bond donors (Lipinski definition) is 5. The van der Waals surface area contributed by atoms with Gasteiger partial charge < -0.3 is 26.0 Å². The van der Waals surface area contributed by atoms with E-state index in [0.29, 0.717) is 0 Å². The number of nitrogen functional groups attached to an aromatic ring is 1. The molecule has 10 nitrogen and oxygen atoms in total. The second kappa shape index (κ2) is 7.58. The Morgan fingerprint density at radius 1 is 1.43 bits per heavy atom. The molecule has 1 fully saturated rings. The number of aromatic amines is 1. The summed E-state index contributed by atoms with van der Waals surface area (Å²) >= 11 is 0. The number of nitrogens with one attached hydrogen (secondary N) is 2. The Morgan fingerprint density at radius 3 is 2.82 bits per heavy atom. The number of H-pyrrole nitrogens is 1. The molecule has 0 unspecified atom stereocenters. The summed E-state index contributed by atoms with van der Waals surface area (Å²) in [5.41, 5.74) is 6.23. The number of amides is 1. The molecule has 1 amide bonds.